The lowest BCUT2D eigenvalue weighted by molar-refractivity contribution is -0.169. The molecular weight excluding hydrogens is 297 g/mol. The van der Waals surface area contributed by atoms with Gasteiger partial charge in [0.2, 0.25) is 0 Å². The smallest absolute Gasteiger partial charge is 0.395 e. The van der Waals surface area contributed by atoms with Crippen LogP contribution in [0, 0.1) is 0 Å². The van der Waals surface area contributed by atoms with Crippen LogP contribution in [0.1, 0.15) is 6.92 Å². The maximum atomic E-state index is 11.3. The maximum Gasteiger partial charge on any atom is 0.395 e. The fourth-order valence-corrected chi connectivity index (χ4v) is 1.80. The third kappa shape index (κ3) is 4.26. The Morgan fingerprint density at radius 3 is 2.62 bits per heavy atom. The second kappa shape index (κ2) is 5.94. The summed E-state index contributed by atoms with van der Waals surface area (Å²) < 4.78 is 9.29. The Balaban J connectivity index is 2.67. The van der Waals surface area contributed by atoms with Crippen LogP contribution < -0.4 is 9.42 Å². The van der Waals surface area contributed by atoms with E-state index in [9.17, 15) is 9.69 Å². The highest BCUT2D eigenvalue weighted by atomic mass is 79.9. The topological polar surface area (TPSA) is 82.0 Å². The summed E-state index contributed by atoms with van der Waals surface area (Å²) in [6, 6.07) is 5.62. The lowest BCUT2D eigenvalue weighted by Crippen LogP contribution is -2.13. The molecule has 1 aromatic carbocycles. The van der Waals surface area contributed by atoms with Crippen molar-refractivity contribution in [2.24, 2.45) is 4.74 Å². The zero-order valence-corrected chi connectivity index (χ0v) is 10.8. The van der Waals surface area contributed by atoms with Gasteiger partial charge in [0, 0.05) is 4.47 Å². The Morgan fingerprint density at radius 1 is 1.56 bits per heavy atom. The van der Waals surface area contributed by atoms with E-state index in [0.29, 0.717) is 5.75 Å². The molecule has 0 amide bonds. The normalized spacial score (nSPS) is 13.3. The maximum absolute atomic E-state index is 11.3. The average Bonchev–Trinajstić information content (AvgIpc) is 2.21. The second-order valence-corrected chi connectivity index (χ2v) is 4.72. The predicted molar refractivity (Wildman–Crippen MR) is 61.2 cm³/mol. The van der Waals surface area contributed by atoms with Crippen LogP contribution in [-0.4, -0.2) is 17.1 Å². The standard InChI is InChI=1S/C9H9BrNO4P/c1-6(9(12)13)11-16(14)15-8-4-2-7(10)3-5-8/h2-6H,1H3,(H,12,13)/t6-/m0/s1. The fourth-order valence-electron chi connectivity index (χ4n) is 0.800. The van der Waals surface area contributed by atoms with Gasteiger partial charge in [-0.25, -0.2) is 4.79 Å². The Hall–Kier alpha value is -0.970. The molecule has 86 valence electrons. The van der Waals surface area contributed by atoms with E-state index in [2.05, 4.69) is 20.7 Å². The molecule has 1 aromatic rings. The minimum atomic E-state index is -2.36. The van der Waals surface area contributed by atoms with E-state index in [1.165, 1.54) is 6.92 Å². The van der Waals surface area contributed by atoms with Crippen LogP contribution >= 0.6 is 24.1 Å². The molecule has 0 aliphatic heterocycles. The van der Waals surface area contributed by atoms with Crippen molar-refractivity contribution in [2.75, 3.05) is 0 Å². The van der Waals surface area contributed by atoms with Gasteiger partial charge in [-0.2, -0.15) is 0 Å². The summed E-state index contributed by atoms with van der Waals surface area (Å²) in [6.07, 6.45) is 0. The Kier molecular flexibility index (Phi) is 4.86. The minimum absolute atomic E-state index is 0.380. The van der Waals surface area contributed by atoms with Gasteiger partial charge < -0.3 is 10.00 Å². The highest BCUT2D eigenvalue weighted by Crippen LogP contribution is 2.25. The summed E-state index contributed by atoms with van der Waals surface area (Å²) in [5.74, 6) is -0.756. The number of rotatable bonds is 4. The molecular formula is C9H9BrNO4P. The van der Waals surface area contributed by atoms with Gasteiger partial charge in [0.15, 0.2) is 11.8 Å². The summed E-state index contributed by atoms with van der Waals surface area (Å²) in [6.45, 7) is 1.33. The quantitative estimate of drug-likeness (QED) is 0.864. The van der Waals surface area contributed by atoms with Gasteiger partial charge >= 0.3 is 14.1 Å². The van der Waals surface area contributed by atoms with E-state index in [4.69, 9.17) is 9.63 Å². The molecule has 0 saturated carbocycles. The first kappa shape index (κ1) is 13.1. The van der Waals surface area contributed by atoms with Gasteiger partial charge in [-0.3, -0.25) is 4.52 Å². The van der Waals surface area contributed by atoms with Gasteiger partial charge in [-0.15, -0.1) is 0 Å². The molecule has 1 rings (SSSR count). The first-order chi connectivity index (χ1) is 7.49. The van der Waals surface area contributed by atoms with Gasteiger partial charge in [0.1, 0.15) is 0 Å². The molecule has 7 heteroatoms. The molecule has 5 nitrogen and oxygen atoms in total. The zero-order chi connectivity index (χ0) is 12.1. The van der Waals surface area contributed by atoms with Gasteiger partial charge in [0.25, 0.3) is 0 Å². The summed E-state index contributed by atoms with van der Waals surface area (Å²) >= 11 is 3.24. The number of halogens is 1. The first-order valence-electron chi connectivity index (χ1n) is 4.33. The Labute approximate surface area is 102 Å². The Morgan fingerprint density at radius 2 is 2.12 bits per heavy atom. The highest BCUT2D eigenvalue weighted by Gasteiger charge is 2.15. The van der Waals surface area contributed by atoms with Crippen molar-refractivity contribution in [1.29, 1.82) is 0 Å². The number of carboxylic acids is 1. The van der Waals surface area contributed by atoms with E-state index < -0.39 is 20.2 Å². The number of hydrogen-bond acceptors (Lipinski definition) is 4. The van der Waals surface area contributed by atoms with E-state index >= 15 is 0 Å². The minimum Gasteiger partial charge on any atom is -0.575 e. The molecule has 1 N–H and O–H groups in total. The predicted octanol–water partition coefficient (Wildman–Crippen LogP) is 2.16. The molecule has 0 fully saturated rings. The van der Waals surface area contributed by atoms with Gasteiger partial charge in [-0.1, -0.05) is 20.7 Å². The van der Waals surface area contributed by atoms with Gasteiger partial charge in [0.05, 0.1) is 0 Å². The first-order valence-corrected chi connectivity index (χ1v) is 6.25. The van der Waals surface area contributed by atoms with Crippen LogP contribution in [0.25, 0.3) is 0 Å². The highest BCUT2D eigenvalue weighted by molar-refractivity contribution is 9.10. The van der Waals surface area contributed by atoms with Crippen molar-refractivity contribution < 1.29 is 19.3 Å². The molecule has 0 heterocycles. The molecule has 0 saturated heterocycles. The van der Waals surface area contributed by atoms with Crippen LogP contribution in [0.15, 0.2) is 33.5 Å². The molecule has 0 aliphatic rings. The molecule has 0 aliphatic carbocycles. The number of nitrogens with zero attached hydrogens (tertiary/aromatic N) is 1. The number of aliphatic carboxylic acids is 1. The SMILES string of the molecule is C[C@H](N=[P+]([O-])Oc1ccc(Br)cc1)C(=O)O. The van der Waals surface area contributed by atoms with Crippen molar-refractivity contribution in [3.05, 3.63) is 28.7 Å². The van der Waals surface area contributed by atoms with Crippen LogP contribution in [0.3, 0.4) is 0 Å². The molecule has 1 unspecified atom stereocenters. The zero-order valence-electron chi connectivity index (χ0n) is 8.33. The summed E-state index contributed by atoms with van der Waals surface area (Å²) in [4.78, 5) is 21.7. The van der Waals surface area contributed by atoms with E-state index in [1.807, 2.05) is 0 Å². The number of benzene rings is 1. The summed E-state index contributed by atoms with van der Waals surface area (Å²) in [5, 5.41) is 8.55. The third-order valence-electron chi connectivity index (χ3n) is 1.62. The van der Waals surface area contributed by atoms with Crippen molar-refractivity contribution >= 4 is 30.1 Å². The molecule has 0 spiro atoms. The van der Waals surface area contributed by atoms with Crippen LogP contribution in [0.5, 0.6) is 5.75 Å². The number of carboxylic acid groups (broad SMARTS) is 1. The lowest BCUT2D eigenvalue weighted by atomic mass is 10.3. The lowest BCUT2D eigenvalue weighted by Gasteiger charge is -1.99. The van der Waals surface area contributed by atoms with Crippen molar-refractivity contribution in [2.45, 2.75) is 13.0 Å². The third-order valence-corrected chi connectivity index (χ3v) is 3.05. The summed E-state index contributed by atoms with van der Waals surface area (Å²) in [5.41, 5.74) is 0. The monoisotopic (exact) mass is 305 g/mol. The largest absolute Gasteiger partial charge is 0.575 e. The van der Waals surface area contributed by atoms with E-state index in [0.717, 1.165) is 4.47 Å². The Bertz CT molecular complexity index is 406. The number of hydrogen-bond donors (Lipinski definition) is 1. The fraction of sp³-hybridized carbons (Fsp3) is 0.222. The average molecular weight is 306 g/mol. The van der Waals surface area contributed by atoms with Crippen molar-refractivity contribution in [3.8, 4) is 5.75 Å². The van der Waals surface area contributed by atoms with Crippen molar-refractivity contribution in [3.63, 3.8) is 0 Å². The van der Waals surface area contributed by atoms with Crippen molar-refractivity contribution in [1.82, 2.24) is 0 Å². The van der Waals surface area contributed by atoms with Crippen LogP contribution in [0.4, 0.5) is 0 Å². The molecule has 0 radical (unpaired) electrons. The molecule has 16 heavy (non-hydrogen) atoms. The molecule has 2 atom stereocenters. The number of carbonyl (C=O) groups is 1. The summed E-state index contributed by atoms with van der Waals surface area (Å²) in [7, 11) is -2.36. The van der Waals surface area contributed by atoms with Crippen LogP contribution in [-0.2, 0) is 4.79 Å². The molecule has 0 aromatic heterocycles. The molecule has 0 bridgehead atoms. The van der Waals surface area contributed by atoms with Crippen LogP contribution in [0.2, 0.25) is 0 Å². The second-order valence-electron chi connectivity index (χ2n) is 2.91. The van der Waals surface area contributed by atoms with Gasteiger partial charge in [-0.05, 0) is 31.2 Å². The van der Waals surface area contributed by atoms with E-state index in [1.54, 1.807) is 24.3 Å². The van der Waals surface area contributed by atoms with E-state index in [-0.39, 0.29) is 0 Å².